The van der Waals surface area contributed by atoms with E-state index in [9.17, 15) is 23.1 Å². The number of benzene rings is 1. The molecular formula is C15H19F3N2O2. The number of urea groups is 1. The number of alkyl halides is 3. The second-order valence-corrected chi connectivity index (χ2v) is 5.38. The van der Waals surface area contributed by atoms with E-state index in [-0.39, 0.29) is 18.7 Å². The highest BCUT2D eigenvalue weighted by Gasteiger charge is 2.30. The summed E-state index contributed by atoms with van der Waals surface area (Å²) in [4.78, 5) is 13.8. The zero-order valence-corrected chi connectivity index (χ0v) is 12.1. The number of halogens is 3. The predicted octanol–water partition coefficient (Wildman–Crippen LogP) is 3.47. The summed E-state index contributed by atoms with van der Waals surface area (Å²) < 4.78 is 37.5. The van der Waals surface area contributed by atoms with Crippen LogP contribution in [0.2, 0.25) is 0 Å². The van der Waals surface area contributed by atoms with Gasteiger partial charge in [0.2, 0.25) is 0 Å². The monoisotopic (exact) mass is 316 g/mol. The average Bonchev–Trinajstić information content (AvgIpc) is 2.72. The Bertz CT molecular complexity index is 503. The van der Waals surface area contributed by atoms with E-state index in [1.165, 1.54) is 12.1 Å². The van der Waals surface area contributed by atoms with E-state index in [2.05, 4.69) is 5.32 Å². The minimum absolute atomic E-state index is 0.111. The zero-order chi connectivity index (χ0) is 16.2. The minimum atomic E-state index is -4.39. The van der Waals surface area contributed by atoms with E-state index in [0.717, 1.165) is 37.8 Å². The van der Waals surface area contributed by atoms with Crippen molar-refractivity contribution in [2.24, 2.45) is 0 Å². The molecule has 1 heterocycles. The summed E-state index contributed by atoms with van der Waals surface area (Å²) in [5.74, 6) is 0. The van der Waals surface area contributed by atoms with E-state index >= 15 is 0 Å². The van der Waals surface area contributed by atoms with Crippen molar-refractivity contribution in [3.8, 4) is 0 Å². The van der Waals surface area contributed by atoms with Crippen LogP contribution < -0.4 is 5.32 Å². The van der Waals surface area contributed by atoms with Gasteiger partial charge >= 0.3 is 12.2 Å². The van der Waals surface area contributed by atoms with Crippen molar-refractivity contribution >= 4 is 11.7 Å². The fourth-order valence-corrected chi connectivity index (χ4v) is 2.57. The second-order valence-electron chi connectivity index (χ2n) is 5.38. The van der Waals surface area contributed by atoms with Crippen molar-refractivity contribution in [2.75, 3.05) is 18.5 Å². The maximum Gasteiger partial charge on any atom is 0.416 e. The maximum atomic E-state index is 12.5. The number of nitrogens with one attached hydrogen (secondary N) is 1. The molecule has 0 bridgehead atoms. The minimum Gasteiger partial charge on any atom is -0.394 e. The first-order valence-corrected chi connectivity index (χ1v) is 7.27. The van der Waals surface area contributed by atoms with Crippen LogP contribution in [-0.4, -0.2) is 35.2 Å². The molecule has 1 aromatic rings. The lowest BCUT2D eigenvalue weighted by molar-refractivity contribution is -0.137. The Morgan fingerprint density at radius 1 is 1.23 bits per heavy atom. The molecule has 0 aliphatic carbocycles. The van der Waals surface area contributed by atoms with Gasteiger partial charge in [0, 0.05) is 12.2 Å². The SMILES string of the molecule is O=C(Nc1ccc(C(F)(F)F)cc1)N1CCCCC[C@@H]1CO. The van der Waals surface area contributed by atoms with E-state index in [0.29, 0.717) is 12.2 Å². The first-order chi connectivity index (χ1) is 10.4. The number of anilines is 1. The quantitative estimate of drug-likeness (QED) is 0.878. The average molecular weight is 316 g/mol. The van der Waals surface area contributed by atoms with Gasteiger partial charge in [-0.15, -0.1) is 0 Å². The molecule has 1 saturated heterocycles. The zero-order valence-electron chi connectivity index (χ0n) is 12.1. The summed E-state index contributed by atoms with van der Waals surface area (Å²) in [5.41, 5.74) is -0.451. The van der Waals surface area contributed by atoms with Crippen LogP contribution in [0.3, 0.4) is 0 Å². The molecule has 22 heavy (non-hydrogen) atoms. The van der Waals surface area contributed by atoms with Crippen LogP contribution in [0.25, 0.3) is 0 Å². The number of nitrogens with zero attached hydrogens (tertiary/aromatic N) is 1. The first-order valence-electron chi connectivity index (χ1n) is 7.27. The van der Waals surface area contributed by atoms with Crippen LogP contribution in [0.15, 0.2) is 24.3 Å². The Balaban J connectivity index is 2.04. The number of aliphatic hydroxyl groups excluding tert-OH is 1. The number of carbonyl (C=O) groups excluding carboxylic acids is 1. The number of aliphatic hydroxyl groups is 1. The summed E-state index contributed by atoms with van der Waals surface area (Å²) in [5, 5.41) is 12.0. The van der Waals surface area contributed by atoms with E-state index in [1.807, 2.05) is 0 Å². The molecule has 0 radical (unpaired) electrons. The van der Waals surface area contributed by atoms with Crippen LogP contribution >= 0.6 is 0 Å². The Morgan fingerprint density at radius 3 is 2.50 bits per heavy atom. The normalized spacial score (nSPS) is 19.6. The molecule has 0 saturated carbocycles. The molecule has 4 nitrogen and oxygen atoms in total. The lowest BCUT2D eigenvalue weighted by Gasteiger charge is -2.28. The van der Waals surface area contributed by atoms with Crippen LogP contribution in [0.1, 0.15) is 31.2 Å². The Morgan fingerprint density at radius 2 is 1.91 bits per heavy atom. The van der Waals surface area contributed by atoms with Gasteiger partial charge in [-0.25, -0.2) is 4.79 Å². The maximum absolute atomic E-state index is 12.5. The molecule has 7 heteroatoms. The van der Waals surface area contributed by atoms with E-state index in [1.54, 1.807) is 4.90 Å². The lowest BCUT2D eigenvalue weighted by Crippen LogP contribution is -2.44. The number of carbonyl (C=O) groups is 1. The number of hydrogen-bond acceptors (Lipinski definition) is 2. The van der Waals surface area contributed by atoms with Gasteiger partial charge < -0.3 is 15.3 Å². The van der Waals surface area contributed by atoms with Crippen molar-refractivity contribution in [2.45, 2.75) is 37.9 Å². The highest BCUT2D eigenvalue weighted by atomic mass is 19.4. The molecule has 0 spiro atoms. The lowest BCUT2D eigenvalue weighted by atomic mass is 10.1. The Kier molecular flexibility index (Phi) is 5.28. The van der Waals surface area contributed by atoms with Gasteiger partial charge in [0.25, 0.3) is 0 Å². The second kappa shape index (κ2) is 7.00. The third kappa shape index (κ3) is 4.13. The number of likely N-dealkylation sites (tertiary alicyclic amines) is 1. The van der Waals surface area contributed by atoms with Gasteiger partial charge in [0.05, 0.1) is 18.2 Å². The smallest absolute Gasteiger partial charge is 0.394 e. The number of amides is 2. The molecule has 1 aromatic carbocycles. The van der Waals surface area contributed by atoms with Crippen molar-refractivity contribution in [1.82, 2.24) is 4.90 Å². The summed E-state index contributed by atoms with van der Waals surface area (Å²) >= 11 is 0. The van der Waals surface area contributed by atoms with Crippen molar-refractivity contribution in [3.05, 3.63) is 29.8 Å². The van der Waals surface area contributed by atoms with Crippen LogP contribution in [-0.2, 0) is 6.18 Å². The molecule has 1 aliphatic rings. The fourth-order valence-electron chi connectivity index (χ4n) is 2.57. The van der Waals surface area contributed by atoms with Crippen LogP contribution in [0, 0.1) is 0 Å². The van der Waals surface area contributed by atoms with Crippen molar-refractivity contribution in [1.29, 1.82) is 0 Å². The third-order valence-corrected chi connectivity index (χ3v) is 3.81. The van der Waals surface area contributed by atoms with Gasteiger partial charge in [-0.1, -0.05) is 12.8 Å². The van der Waals surface area contributed by atoms with Gasteiger partial charge in [0.15, 0.2) is 0 Å². The first kappa shape index (κ1) is 16.6. The molecule has 122 valence electrons. The third-order valence-electron chi connectivity index (χ3n) is 3.81. The van der Waals surface area contributed by atoms with Gasteiger partial charge in [0.1, 0.15) is 0 Å². The molecule has 1 aliphatic heterocycles. The highest BCUT2D eigenvalue weighted by Crippen LogP contribution is 2.30. The molecule has 2 N–H and O–H groups in total. The fraction of sp³-hybridized carbons (Fsp3) is 0.533. The largest absolute Gasteiger partial charge is 0.416 e. The topological polar surface area (TPSA) is 52.6 Å². The van der Waals surface area contributed by atoms with Crippen molar-refractivity contribution < 1.29 is 23.1 Å². The highest BCUT2D eigenvalue weighted by molar-refractivity contribution is 5.89. The predicted molar refractivity (Wildman–Crippen MR) is 76.5 cm³/mol. The van der Waals surface area contributed by atoms with E-state index in [4.69, 9.17) is 0 Å². The van der Waals surface area contributed by atoms with Gasteiger partial charge in [-0.3, -0.25) is 0 Å². The van der Waals surface area contributed by atoms with Crippen LogP contribution in [0.4, 0.5) is 23.7 Å². The molecule has 2 amide bonds. The number of hydrogen-bond donors (Lipinski definition) is 2. The standard InChI is InChI=1S/C15H19F3N2O2/c16-15(17,18)11-5-7-12(8-6-11)19-14(22)20-9-3-1-2-4-13(20)10-21/h5-8,13,21H,1-4,9-10H2,(H,19,22)/t13-/m1/s1. The molecular weight excluding hydrogens is 297 g/mol. The molecule has 0 aromatic heterocycles. The van der Waals surface area contributed by atoms with Crippen molar-refractivity contribution in [3.63, 3.8) is 0 Å². The molecule has 0 unspecified atom stereocenters. The summed E-state index contributed by atoms with van der Waals surface area (Å²) in [6, 6.07) is 3.69. The van der Waals surface area contributed by atoms with Gasteiger partial charge in [-0.2, -0.15) is 13.2 Å². The van der Waals surface area contributed by atoms with Crippen LogP contribution in [0.5, 0.6) is 0 Å². The molecule has 1 atom stereocenters. The summed E-state index contributed by atoms with van der Waals surface area (Å²) in [6.45, 7) is 0.429. The Labute approximate surface area is 126 Å². The molecule has 1 fully saturated rings. The Hall–Kier alpha value is -1.76. The number of rotatable bonds is 2. The summed E-state index contributed by atoms with van der Waals surface area (Å²) in [6.07, 6.45) is -0.848. The summed E-state index contributed by atoms with van der Waals surface area (Å²) in [7, 11) is 0. The van der Waals surface area contributed by atoms with E-state index < -0.39 is 11.7 Å². The van der Waals surface area contributed by atoms with Gasteiger partial charge in [-0.05, 0) is 37.1 Å². The molecule has 2 rings (SSSR count).